The van der Waals surface area contributed by atoms with E-state index in [4.69, 9.17) is 0 Å². The van der Waals surface area contributed by atoms with Crippen molar-refractivity contribution in [3.63, 3.8) is 0 Å². The molecule has 0 saturated carbocycles. The van der Waals surface area contributed by atoms with Crippen molar-refractivity contribution in [2.45, 2.75) is 32.1 Å². The molecule has 0 aliphatic carbocycles. The van der Waals surface area contributed by atoms with Crippen LogP contribution in [0.15, 0.2) is 24.3 Å². The minimum absolute atomic E-state index is 0.0736. The van der Waals surface area contributed by atoms with Crippen molar-refractivity contribution >= 4 is 0 Å². The largest absolute Gasteiger partial charge is 0.317 e. The quantitative estimate of drug-likeness (QED) is 0.809. The first-order valence-electron chi connectivity index (χ1n) is 6.07. The molecule has 1 aromatic carbocycles. The second kappa shape index (κ2) is 4.54. The summed E-state index contributed by atoms with van der Waals surface area (Å²) in [5.74, 6) is 0.523. The van der Waals surface area contributed by atoms with Crippen LogP contribution in [0.3, 0.4) is 0 Å². The Morgan fingerprint density at radius 3 is 2.56 bits per heavy atom. The fourth-order valence-electron chi connectivity index (χ4n) is 2.67. The molecule has 1 N–H and O–H groups in total. The second-order valence-corrected chi connectivity index (χ2v) is 5.26. The van der Waals surface area contributed by atoms with Crippen molar-refractivity contribution < 1.29 is 4.39 Å². The van der Waals surface area contributed by atoms with Gasteiger partial charge in [-0.15, -0.1) is 0 Å². The highest BCUT2D eigenvalue weighted by Gasteiger charge is 2.32. The Bertz CT molecular complexity index is 354. The molecule has 2 rings (SSSR count). The van der Waals surface area contributed by atoms with Crippen LogP contribution in [-0.2, 0) is 5.41 Å². The molecule has 1 aromatic rings. The minimum Gasteiger partial charge on any atom is -0.317 e. The van der Waals surface area contributed by atoms with Gasteiger partial charge in [-0.05, 0) is 55.0 Å². The summed E-state index contributed by atoms with van der Waals surface area (Å²) in [4.78, 5) is 0. The lowest BCUT2D eigenvalue weighted by Gasteiger charge is -2.37. The number of piperidine rings is 1. The summed E-state index contributed by atoms with van der Waals surface area (Å²) >= 11 is 0. The third kappa shape index (κ3) is 2.27. The molecule has 1 heterocycles. The number of benzene rings is 1. The normalized spacial score (nSPS) is 18.7. The number of hydrogen-bond acceptors (Lipinski definition) is 1. The third-order valence-electron chi connectivity index (χ3n) is 3.93. The smallest absolute Gasteiger partial charge is 0.123 e. The number of rotatable bonds is 2. The van der Waals surface area contributed by atoms with Crippen LogP contribution in [0.1, 0.15) is 32.3 Å². The van der Waals surface area contributed by atoms with Gasteiger partial charge in [-0.25, -0.2) is 4.39 Å². The first-order valence-corrected chi connectivity index (χ1v) is 6.07. The van der Waals surface area contributed by atoms with Gasteiger partial charge in [-0.3, -0.25) is 0 Å². The number of halogens is 1. The number of hydrogen-bond donors (Lipinski definition) is 1. The summed E-state index contributed by atoms with van der Waals surface area (Å²) in [6, 6.07) is 7.06. The monoisotopic (exact) mass is 221 g/mol. The van der Waals surface area contributed by atoms with Gasteiger partial charge in [0.15, 0.2) is 0 Å². The molecule has 0 spiro atoms. The van der Waals surface area contributed by atoms with Crippen molar-refractivity contribution in [2.75, 3.05) is 13.1 Å². The lowest BCUT2D eigenvalue weighted by molar-refractivity contribution is 0.246. The van der Waals surface area contributed by atoms with Crippen molar-refractivity contribution in [1.82, 2.24) is 5.32 Å². The summed E-state index contributed by atoms with van der Waals surface area (Å²) in [6.07, 6.45) is 2.37. The molecule has 1 fully saturated rings. The van der Waals surface area contributed by atoms with Crippen LogP contribution >= 0.6 is 0 Å². The van der Waals surface area contributed by atoms with Crippen LogP contribution in [0.5, 0.6) is 0 Å². The molecule has 0 bridgehead atoms. The standard InChI is InChI=1S/C14H20FN/c1-14(2,11-6-8-16-9-7-11)12-4-3-5-13(15)10-12/h3-5,10-11,16H,6-9H2,1-2H3. The Balaban J connectivity index is 2.22. The zero-order valence-corrected chi connectivity index (χ0v) is 10.1. The summed E-state index contributed by atoms with van der Waals surface area (Å²) < 4.78 is 13.3. The zero-order chi connectivity index (χ0) is 11.6. The Hall–Kier alpha value is -0.890. The summed E-state index contributed by atoms with van der Waals surface area (Å²) in [5.41, 5.74) is 1.20. The molecule has 0 amide bonds. The highest BCUT2D eigenvalue weighted by atomic mass is 19.1. The maximum atomic E-state index is 13.3. The molecule has 0 radical (unpaired) electrons. The second-order valence-electron chi connectivity index (χ2n) is 5.26. The minimum atomic E-state index is -0.125. The maximum absolute atomic E-state index is 13.3. The van der Waals surface area contributed by atoms with Crippen LogP contribution < -0.4 is 5.32 Å². The molecule has 0 aromatic heterocycles. The Morgan fingerprint density at radius 1 is 1.25 bits per heavy atom. The van der Waals surface area contributed by atoms with E-state index in [1.807, 2.05) is 12.1 Å². The van der Waals surface area contributed by atoms with E-state index in [1.54, 1.807) is 6.07 Å². The van der Waals surface area contributed by atoms with E-state index < -0.39 is 0 Å². The molecule has 0 atom stereocenters. The van der Waals surface area contributed by atoms with Crippen molar-refractivity contribution in [3.8, 4) is 0 Å². The van der Waals surface area contributed by atoms with E-state index in [0.29, 0.717) is 5.92 Å². The average molecular weight is 221 g/mol. The number of nitrogens with one attached hydrogen (secondary N) is 1. The SMILES string of the molecule is CC(C)(c1cccc(F)c1)C1CCNCC1. The molecular formula is C14H20FN. The van der Waals surface area contributed by atoms with Gasteiger partial charge in [0.1, 0.15) is 5.82 Å². The lowest BCUT2D eigenvalue weighted by atomic mass is 9.70. The molecule has 1 saturated heterocycles. The van der Waals surface area contributed by atoms with Crippen molar-refractivity contribution in [2.24, 2.45) is 5.92 Å². The molecule has 2 heteroatoms. The van der Waals surface area contributed by atoms with Gasteiger partial charge in [-0.1, -0.05) is 26.0 Å². The molecule has 0 unspecified atom stereocenters. The molecular weight excluding hydrogens is 201 g/mol. The van der Waals surface area contributed by atoms with Gasteiger partial charge in [0.05, 0.1) is 0 Å². The van der Waals surface area contributed by atoms with Gasteiger partial charge in [0.2, 0.25) is 0 Å². The molecule has 1 aliphatic rings. The molecule has 1 nitrogen and oxygen atoms in total. The topological polar surface area (TPSA) is 12.0 Å². The molecule has 16 heavy (non-hydrogen) atoms. The maximum Gasteiger partial charge on any atom is 0.123 e. The zero-order valence-electron chi connectivity index (χ0n) is 10.1. The summed E-state index contributed by atoms with van der Waals surface area (Å²) in [7, 11) is 0. The predicted molar refractivity (Wildman–Crippen MR) is 65.0 cm³/mol. The van der Waals surface area contributed by atoms with E-state index in [9.17, 15) is 4.39 Å². The Labute approximate surface area is 97.1 Å². The van der Waals surface area contributed by atoms with Crippen LogP contribution in [0.25, 0.3) is 0 Å². The van der Waals surface area contributed by atoms with Gasteiger partial charge in [-0.2, -0.15) is 0 Å². The third-order valence-corrected chi connectivity index (χ3v) is 3.93. The first kappa shape index (κ1) is 11.6. The van der Waals surface area contributed by atoms with Crippen molar-refractivity contribution in [1.29, 1.82) is 0 Å². The Kier molecular flexibility index (Phi) is 3.29. The summed E-state index contributed by atoms with van der Waals surface area (Å²) in [5, 5.41) is 3.38. The Morgan fingerprint density at radius 2 is 1.94 bits per heavy atom. The van der Waals surface area contributed by atoms with Crippen LogP contribution in [-0.4, -0.2) is 13.1 Å². The van der Waals surface area contributed by atoms with Gasteiger partial charge in [0, 0.05) is 0 Å². The average Bonchev–Trinajstić information content (AvgIpc) is 2.30. The highest BCUT2D eigenvalue weighted by molar-refractivity contribution is 5.25. The van der Waals surface area contributed by atoms with Crippen LogP contribution in [0.2, 0.25) is 0 Å². The van der Waals surface area contributed by atoms with E-state index in [-0.39, 0.29) is 11.2 Å². The highest BCUT2D eigenvalue weighted by Crippen LogP contribution is 2.36. The van der Waals surface area contributed by atoms with Gasteiger partial charge >= 0.3 is 0 Å². The first-order chi connectivity index (χ1) is 7.60. The predicted octanol–water partition coefficient (Wildman–Crippen LogP) is 3.10. The lowest BCUT2D eigenvalue weighted by Crippen LogP contribution is -2.38. The summed E-state index contributed by atoms with van der Waals surface area (Å²) in [6.45, 7) is 6.64. The van der Waals surface area contributed by atoms with E-state index in [1.165, 1.54) is 18.9 Å². The van der Waals surface area contributed by atoms with E-state index in [0.717, 1.165) is 18.7 Å². The van der Waals surface area contributed by atoms with E-state index in [2.05, 4.69) is 19.2 Å². The van der Waals surface area contributed by atoms with Crippen LogP contribution in [0, 0.1) is 11.7 Å². The van der Waals surface area contributed by atoms with Crippen molar-refractivity contribution in [3.05, 3.63) is 35.6 Å². The fourth-order valence-corrected chi connectivity index (χ4v) is 2.67. The fraction of sp³-hybridized carbons (Fsp3) is 0.571. The van der Waals surface area contributed by atoms with Gasteiger partial charge < -0.3 is 5.32 Å². The molecule has 1 aliphatic heterocycles. The van der Waals surface area contributed by atoms with Gasteiger partial charge in [0.25, 0.3) is 0 Å². The van der Waals surface area contributed by atoms with E-state index >= 15 is 0 Å². The molecule has 88 valence electrons. The van der Waals surface area contributed by atoms with Crippen LogP contribution in [0.4, 0.5) is 4.39 Å².